The van der Waals surface area contributed by atoms with E-state index in [2.05, 4.69) is 10.3 Å². The summed E-state index contributed by atoms with van der Waals surface area (Å²) in [4.78, 5) is 39.2. The zero-order valence-electron chi connectivity index (χ0n) is 19.6. The molecule has 2 aromatic carbocycles. The Morgan fingerprint density at radius 1 is 1.03 bits per heavy atom. The maximum Gasteiger partial charge on any atom is 0.336 e. The van der Waals surface area contributed by atoms with E-state index < -0.39 is 36.3 Å². The Hall–Kier alpha value is -3.76. The quantitative estimate of drug-likeness (QED) is 0.331. The Morgan fingerprint density at radius 2 is 1.75 bits per heavy atom. The first kappa shape index (κ1) is 25.3. The van der Waals surface area contributed by atoms with Crippen LogP contribution in [0, 0.1) is 0 Å². The number of carboxylic acids is 2. The van der Waals surface area contributed by atoms with Gasteiger partial charge in [0.15, 0.2) is 11.2 Å². The van der Waals surface area contributed by atoms with Crippen LogP contribution < -0.4 is 5.32 Å². The van der Waals surface area contributed by atoms with Crippen LogP contribution in [0.4, 0.5) is 0 Å². The average Bonchev–Trinajstić information content (AvgIpc) is 3.27. The minimum atomic E-state index is -2.67. The van der Waals surface area contributed by atoms with Crippen LogP contribution in [0.1, 0.15) is 44.1 Å². The van der Waals surface area contributed by atoms with Gasteiger partial charge in [-0.2, -0.15) is 0 Å². The van der Waals surface area contributed by atoms with Crippen LogP contribution in [0.3, 0.4) is 0 Å². The number of amides is 1. The van der Waals surface area contributed by atoms with Crippen molar-refractivity contribution in [3.8, 4) is 11.5 Å². The minimum absolute atomic E-state index is 0.295. The van der Waals surface area contributed by atoms with Crippen LogP contribution in [0.5, 0.6) is 0 Å². The Bertz CT molecular complexity index is 1210. The first-order valence-electron chi connectivity index (χ1n) is 11.8. The summed E-state index contributed by atoms with van der Waals surface area (Å²) in [5.74, 6) is -3.46. The van der Waals surface area contributed by atoms with Crippen molar-refractivity contribution in [3.63, 3.8) is 0 Å². The molecular formula is C26H28N2O8. The molecule has 0 saturated heterocycles. The van der Waals surface area contributed by atoms with Crippen molar-refractivity contribution < 1.29 is 38.9 Å². The number of nitrogens with zero attached hydrogens (tertiary/aromatic N) is 1. The lowest BCUT2D eigenvalue weighted by Gasteiger charge is -2.33. The molecule has 1 fully saturated rings. The van der Waals surface area contributed by atoms with Gasteiger partial charge in [0.25, 0.3) is 0 Å². The van der Waals surface area contributed by atoms with E-state index in [0.717, 1.165) is 35.1 Å². The van der Waals surface area contributed by atoms with E-state index in [-0.39, 0.29) is 12.1 Å². The van der Waals surface area contributed by atoms with E-state index >= 15 is 0 Å². The first-order valence-corrected chi connectivity index (χ1v) is 11.8. The van der Waals surface area contributed by atoms with Gasteiger partial charge in [-0.25, -0.2) is 9.78 Å². The van der Waals surface area contributed by atoms with Crippen LogP contribution in [-0.4, -0.2) is 55.9 Å². The predicted molar refractivity (Wildman–Crippen MR) is 128 cm³/mol. The second kappa shape index (κ2) is 10.9. The molecule has 3 unspecified atom stereocenters. The maximum atomic E-state index is 12.5. The van der Waals surface area contributed by atoms with E-state index in [0.29, 0.717) is 25.3 Å². The van der Waals surface area contributed by atoms with Gasteiger partial charge in [0.05, 0.1) is 31.6 Å². The summed E-state index contributed by atoms with van der Waals surface area (Å²) in [5.41, 5.74) is 0.597. The SMILES string of the molecule is O=C(O)CC(O)(CC(=O)NC1CCCCC1OCc1ccc(-c2nc3ccccc3o2)cc1)C(=O)O. The molecule has 1 aliphatic carbocycles. The lowest BCUT2D eigenvalue weighted by Crippen LogP contribution is -2.50. The Balaban J connectivity index is 1.35. The number of aromatic nitrogens is 1. The van der Waals surface area contributed by atoms with Gasteiger partial charge in [0.1, 0.15) is 5.52 Å². The van der Waals surface area contributed by atoms with Gasteiger partial charge < -0.3 is 29.8 Å². The van der Waals surface area contributed by atoms with Gasteiger partial charge in [0, 0.05) is 5.56 Å². The van der Waals surface area contributed by atoms with Gasteiger partial charge >= 0.3 is 11.9 Å². The number of aliphatic carboxylic acids is 2. The smallest absolute Gasteiger partial charge is 0.336 e. The number of nitrogens with one attached hydrogen (secondary N) is 1. The number of ether oxygens (including phenoxy) is 1. The van der Waals surface area contributed by atoms with Crippen molar-refractivity contribution in [1.29, 1.82) is 0 Å². The molecule has 1 amide bonds. The number of para-hydroxylation sites is 2. The number of carbonyl (C=O) groups is 3. The van der Waals surface area contributed by atoms with Crippen LogP contribution in [0.25, 0.3) is 22.6 Å². The summed E-state index contributed by atoms with van der Waals surface area (Å²) in [6.07, 6.45) is 0.919. The summed E-state index contributed by atoms with van der Waals surface area (Å²) >= 11 is 0. The summed E-state index contributed by atoms with van der Waals surface area (Å²) in [5, 5.41) is 31.0. The Morgan fingerprint density at radius 3 is 2.44 bits per heavy atom. The summed E-state index contributed by atoms with van der Waals surface area (Å²) in [6, 6.07) is 14.8. The van der Waals surface area contributed by atoms with Gasteiger partial charge in [-0.3, -0.25) is 9.59 Å². The highest BCUT2D eigenvalue weighted by molar-refractivity contribution is 5.90. The molecule has 3 aromatic rings. The van der Waals surface area contributed by atoms with Crippen molar-refractivity contribution in [2.75, 3.05) is 0 Å². The van der Waals surface area contributed by atoms with Crippen LogP contribution in [0.15, 0.2) is 52.9 Å². The lowest BCUT2D eigenvalue weighted by molar-refractivity contribution is -0.167. The number of hydrogen-bond donors (Lipinski definition) is 4. The number of oxazole rings is 1. The normalized spacial score (nSPS) is 19.5. The van der Waals surface area contributed by atoms with E-state index in [4.69, 9.17) is 14.3 Å². The number of fused-ring (bicyclic) bond motifs is 1. The van der Waals surface area contributed by atoms with Gasteiger partial charge in [0.2, 0.25) is 11.8 Å². The highest BCUT2D eigenvalue weighted by atomic mass is 16.5. The van der Waals surface area contributed by atoms with E-state index in [1.807, 2.05) is 48.5 Å². The predicted octanol–water partition coefficient (Wildman–Crippen LogP) is 3.12. The van der Waals surface area contributed by atoms with Gasteiger partial charge in [-0.15, -0.1) is 0 Å². The summed E-state index contributed by atoms with van der Waals surface area (Å²) < 4.78 is 11.9. The maximum absolute atomic E-state index is 12.5. The fraction of sp³-hybridized carbons (Fsp3) is 0.385. The molecule has 4 rings (SSSR count). The van der Waals surface area contributed by atoms with Crippen molar-refractivity contribution in [2.45, 2.75) is 62.9 Å². The first-order chi connectivity index (χ1) is 17.2. The third-order valence-corrected chi connectivity index (χ3v) is 6.30. The van der Waals surface area contributed by atoms with E-state index in [1.54, 1.807) is 0 Å². The second-order valence-corrected chi connectivity index (χ2v) is 9.08. The molecular weight excluding hydrogens is 468 g/mol. The van der Waals surface area contributed by atoms with Crippen molar-refractivity contribution >= 4 is 28.9 Å². The molecule has 1 aromatic heterocycles. The minimum Gasteiger partial charge on any atom is -0.481 e. The number of aliphatic hydroxyl groups is 1. The third kappa shape index (κ3) is 6.07. The number of rotatable bonds is 10. The molecule has 10 nitrogen and oxygen atoms in total. The Labute approximate surface area is 206 Å². The second-order valence-electron chi connectivity index (χ2n) is 9.08. The lowest BCUT2D eigenvalue weighted by atomic mass is 9.91. The fourth-order valence-corrected chi connectivity index (χ4v) is 4.39. The molecule has 1 heterocycles. The van der Waals surface area contributed by atoms with Crippen molar-refractivity contribution in [3.05, 3.63) is 54.1 Å². The largest absolute Gasteiger partial charge is 0.481 e. The summed E-state index contributed by atoms with van der Waals surface area (Å²) in [6.45, 7) is 0.308. The molecule has 3 atom stereocenters. The molecule has 36 heavy (non-hydrogen) atoms. The topological polar surface area (TPSA) is 159 Å². The Kier molecular flexibility index (Phi) is 7.66. The van der Waals surface area contributed by atoms with Gasteiger partial charge in [-0.1, -0.05) is 37.1 Å². The zero-order valence-corrected chi connectivity index (χ0v) is 19.6. The van der Waals surface area contributed by atoms with Crippen LogP contribution >= 0.6 is 0 Å². The summed E-state index contributed by atoms with van der Waals surface area (Å²) in [7, 11) is 0. The molecule has 1 saturated carbocycles. The van der Waals surface area contributed by atoms with Crippen molar-refractivity contribution in [2.24, 2.45) is 0 Å². The van der Waals surface area contributed by atoms with Crippen molar-refractivity contribution in [1.82, 2.24) is 10.3 Å². The highest BCUT2D eigenvalue weighted by Crippen LogP contribution is 2.26. The molecule has 0 aliphatic heterocycles. The standard InChI is InChI=1S/C26H28N2O8/c29-22(13-26(34,25(32)33)14-23(30)31)27-18-5-1-3-7-20(18)35-15-16-9-11-17(12-10-16)24-28-19-6-2-4-8-21(19)36-24/h2,4,6,8-12,18,20,34H,1,3,5,7,13-15H2,(H,27,29)(H,30,31)(H,32,33). The van der Waals surface area contributed by atoms with E-state index in [1.165, 1.54) is 0 Å². The molecule has 0 spiro atoms. The molecule has 10 heteroatoms. The number of hydrogen-bond acceptors (Lipinski definition) is 7. The zero-order chi connectivity index (χ0) is 25.7. The van der Waals surface area contributed by atoms with Crippen LogP contribution in [-0.2, 0) is 25.7 Å². The molecule has 190 valence electrons. The molecule has 0 radical (unpaired) electrons. The molecule has 4 N–H and O–H groups in total. The molecule has 0 bridgehead atoms. The monoisotopic (exact) mass is 496 g/mol. The van der Waals surface area contributed by atoms with Crippen LogP contribution in [0.2, 0.25) is 0 Å². The fourth-order valence-electron chi connectivity index (χ4n) is 4.39. The number of benzene rings is 2. The molecule has 1 aliphatic rings. The average molecular weight is 497 g/mol. The highest BCUT2D eigenvalue weighted by Gasteiger charge is 2.41. The number of carboxylic acid groups (broad SMARTS) is 2. The van der Waals surface area contributed by atoms with Gasteiger partial charge in [-0.05, 0) is 42.7 Å². The third-order valence-electron chi connectivity index (χ3n) is 6.30. The van der Waals surface area contributed by atoms with E-state index in [9.17, 15) is 24.6 Å². The number of carbonyl (C=O) groups excluding carboxylic acids is 1.